The molecule has 0 bridgehead atoms. The Balaban J connectivity index is 2.39. The number of ether oxygens (including phenoxy) is 1. The number of esters is 1. The Labute approximate surface area is 154 Å². The molecule has 136 valence electrons. The van der Waals surface area contributed by atoms with Crippen molar-refractivity contribution in [2.24, 2.45) is 5.41 Å². The van der Waals surface area contributed by atoms with Crippen LogP contribution < -0.4 is 0 Å². The van der Waals surface area contributed by atoms with Crippen molar-refractivity contribution in [1.29, 1.82) is 0 Å². The zero-order valence-electron chi connectivity index (χ0n) is 15.6. The number of Topliss-reactive ketones (excluding diaryl/α,β-unsaturated/α-hetero) is 2. The molecule has 0 radical (unpaired) electrons. The maximum Gasteiger partial charge on any atom is 0.320 e. The Kier molecular flexibility index (Phi) is 5.76. The summed E-state index contributed by atoms with van der Waals surface area (Å²) in [7, 11) is 0. The number of hydrogen-bond donors (Lipinski definition) is 0. The fourth-order valence-corrected chi connectivity index (χ4v) is 2.59. The summed E-state index contributed by atoms with van der Waals surface area (Å²) in [5.74, 6) is -1.39. The minimum absolute atomic E-state index is 0.250. The summed E-state index contributed by atoms with van der Waals surface area (Å²) >= 11 is 0. The molecular formula is C22H24O4. The molecule has 0 N–H and O–H groups in total. The van der Waals surface area contributed by atoms with Gasteiger partial charge in [0.15, 0.2) is 11.6 Å². The van der Waals surface area contributed by atoms with Gasteiger partial charge in [0.1, 0.15) is 11.0 Å². The van der Waals surface area contributed by atoms with Crippen molar-refractivity contribution in [3.63, 3.8) is 0 Å². The fraction of sp³-hybridized carbons (Fsp3) is 0.318. The van der Waals surface area contributed by atoms with Crippen LogP contribution in [0.4, 0.5) is 0 Å². The van der Waals surface area contributed by atoms with E-state index < -0.39 is 22.8 Å². The van der Waals surface area contributed by atoms with E-state index in [1.807, 2.05) is 0 Å². The number of hydrogen-bond acceptors (Lipinski definition) is 4. The molecule has 0 amide bonds. The number of carbonyl (C=O) groups excluding carboxylic acids is 3. The molecule has 1 atom stereocenters. The van der Waals surface area contributed by atoms with Crippen molar-refractivity contribution in [3.05, 3.63) is 71.8 Å². The van der Waals surface area contributed by atoms with Gasteiger partial charge in [-0.15, -0.1) is 0 Å². The minimum Gasteiger partial charge on any atom is -0.459 e. The van der Waals surface area contributed by atoms with Gasteiger partial charge in [-0.2, -0.15) is 0 Å². The first-order valence-electron chi connectivity index (χ1n) is 8.55. The molecule has 4 nitrogen and oxygen atoms in total. The van der Waals surface area contributed by atoms with Crippen molar-refractivity contribution in [1.82, 2.24) is 0 Å². The van der Waals surface area contributed by atoms with Crippen LogP contribution >= 0.6 is 0 Å². The van der Waals surface area contributed by atoms with Gasteiger partial charge in [-0.3, -0.25) is 14.4 Å². The Hall–Kier alpha value is -2.75. The second kappa shape index (κ2) is 7.65. The van der Waals surface area contributed by atoms with E-state index in [-0.39, 0.29) is 12.2 Å². The molecule has 0 aliphatic rings. The summed E-state index contributed by atoms with van der Waals surface area (Å²) in [4.78, 5) is 38.7. The van der Waals surface area contributed by atoms with E-state index in [1.54, 1.807) is 81.4 Å². The van der Waals surface area contributed by atoms with Crippen LogP contribution in [0.5, 0.6) is 0 Å². The summed E-state index contributed by atoms with van der Waals surface area (Å²) in [5, 5.41) is 0. The molecule has 0 saturated heterocycles. The highest BCUT2D eigenvalue weighted by molar-refractivity contribution is 6.15. The first-order chi connectivity index (χ1) is 12.1. The van der Waals surface area contributed by atoms with E-state index in [2.05, 4.69) is 0 Å². The van der Waals surface area contributed by atoms with Crippen LogP contribution in [0.1, 0.15) is 54.8 Å². The van der Waals surface area contributed by atoms with Crippen LogP contribution in [0.25, 0.3) is 0 Å². The van der Waals surface area contributed by atoms with Gasteiger partial charge in [-0.05, 0) is 27.7 Å². The highest BCUT2D eigenvalue weighted by Gasteiger charge is 2.46. The smallest absolute Gasteiger partial charge is 0.320 e. The molecule has 2 aromatic carbocycles. The first kappa shape index (κ1) is 19.6. The normalized spacial score (nSPS) is 13.5. The summed E-state index contributed by atoms with van der Waals surface area (Å²) in [6, 6.07) is 17.2. The van der Waals surface area contributed by atoms with Crippen LogP contribution in [-0.2, 0) is 9.53 Å². The average Bonchev–Trinajstić information content (AvgIpc) is 2.61. The molecule has 1 unspecified atom stereocenters. The second-order valence-corrected chi connectivity index (χ2v) is 7.50. The monoisotopic (exact) mass is 352 g/mol. The third kappa shape index (κ3) is 4.66. The molecule has 0 spiro atoms. The third-order valence-electron chi connectivity index (χ3n) is 4.00. The molecule has 0 aliphatic heterocycles. The molecule has 0 aliphatic carbocycles. The molecular weight excluding hydrogens is 328 g/mol. The van der Waals surface area contributed by atoms with Crippen molar-refractivity contribution < 1.29 is 19.1 Å². The molecule has 0 saturated carbocycles. The van der Waals surface area contributed by atoms with E-state index in [0.717, 1.165) is 0 Å². The fourth-order valence-electron chi connectivity index (χ4n) is 2.59. The lowest BCUT2D eigenvalue weighted by Gasteiger charge is -2.30. The van der Waals surface area contributed by atoms with Gasteiger partial charge < -0.3 is 4.74 Å². The molecule has 0 fully saturated rings. The highest BCUT2D eigenvalue weighted by atomic mass is 16.6. The van der Waals surface area contributed by atoms with Crippen LogP contribution in [0.15, 0.2) is 60.7 Å². The Morgan fingerprint density at radius 2 is 1.23 bits per heavy atom. The zero-order valence-corrected chi connectivity index (χ0v) is 15.6. The van der Waals surface area contributed by atoms with Gasteiger partial charge in [0.05, 0.1) is 0 Å². The molecule has 0 heterocycles. The molecule has 2 aromatic rings. The van der Waals surface area contributed by atoms with Crippen LogP contribution in [-0.4, -0.2) is 23.1 Å². The summed E-state index contributed by atoms with van der Waals surface area (Å²) < 4.78 is 5.47. The zero-order chi connectivity index (χ0) is 19.4. The SMILES string of the molecule is CC(C)(C)OC(=O)C(C)(CC(=O)c1ccccc1)C(=O)c1ccccc1. The Morgan fingerprint density at radius 3 is 1.69 bits per heavy atom. The summed E-state index contributed by atoms with van der Waals surface area (Å²) in [6.07, 6.45) is -0.250. The predicted octanol–water partition coefficient (Wildman–Crippen LogP) is 4.49. The van der Waals surface area contributed by atoms with E-state index in [1.165, 1.54) is 6.92 Å². The Morgan fingerprint density at radius 1 is 0.769 bits per heavy atom. The van der Waals surface area contributed by atoms with Crippen molar-refractivity contribution in [2.75, 3.05) is 0 Å². The standard InChI is InChI=1S/C22H24O4/c1-21(2,3)26-20(25)22(4,19(24)17-13-9-6-10-14-17)15-18(23)16-11-7-5-8-12-16/h5-14H,15H2,1-4H3. The lowest BCUT2D eigenvalue weighted by atomic mass is 9.77. The van der Waals surface area contributed by atoms with Gasteiger partial charge in [0.2, 0.25) is 0 Å². The van der Waals surface area contributed by atoms with Gasteiger partial charge >= 0.3 is 5.97 Å². The lowest BCUT2D eigenvalue weighted by Crippen LogP contribution is -2.43. The highest BCUT2D eigenvalue weighted by Crippen LogP contribution is 2.32. The average molecular weight is 352 g/mol. The number of benzene rings is 2. The Bertz CT molecular complexity index is 788. The lowest BCUT2D eigenvalue weighted by molar-refractivity contribution is -0.163. The first-order valence-corrected chi connectivity index (χ1v) is 8.55. The molecule has 2 rings (SSSR count). The maximum atomic E-state index is 13.1. The van der Waals surface area contributed by atoms with E-state index in [9.17, 15) is 14.4 Å². The van der Waals surface area contributed by atoms with Crippen molar-refractivity contribution in [3.8, 4) is 0 Å². The van der Waals surface area contributed by atoms with Crippen LogP contribution in [0, 0.1) is 5.41 Å². The van der Waals surface area contributed by atoms with Gasteiger partial charge in [-0.25, -0.2) is 0 Å². The van der Waals surface area contributed by atoms with Gasteiger partial charge in [-0.1, -0.05) is 60.7 Å². The second-order valence-electron chi connectivity index (χ2n) is 7.50. The van der Waals surface area contributed by atoms with Gasteiger partial charge in [0.25, 0.3) is 0 Å². The van der Waals surface area contributed by atoms with Crippen molar-refractivity contribution in [2.45, 2.75) is 39.7 Å². The summed E-state index contributed by atoms with van der Waals surface area (Å²) in [6.45, 7) is 6.68. The predicted molar refractivity (Wildman–Crippen MR) is 100 cm³/mol. The van der Waals surface area contributed by atoms with Crippen LogP contribution in [0.2, 0.25) is 0 Å². The number of rotatable bonds is 6. The molecule has 0 aromatic heterocycles. The quantitative estimate of drug-likeness (QED) is 0.436. The van der Waals surface area contributed by atoms with E-state index >= 15 is 0 Å². The molecule has 4 heteroatoms. The minimum atomic E-state index is -1.60. The largest absolute Gasteiger partial charge is 0.459 e. The topological polar surface area (TPSA) is 60.4 Å². The van der Waals surface area contributed by atoms with Gasteiger partial charge in [0, 0.05) is 17.5 Å². The van der Waals surface area contributed by atoms with E-state index in [0.29, 0.717) is 11.1 Å². The number of carbonyl (C=O) groups is 3. The number of ketones is 2. The summed E-state index contributed by atoms with van der Waals surface area (Å²) in [5.41, 5.74) is -1.52. The van der Waals surface area contributed by atoms with Crippen LogP contribution in [0.3, 0.4) is 0 Å². The van der Waals surface area contributed by atoms with E-state index in [4.69, 9.17) is 4.74 Å². The molecule has 26 heavy (non-hydrogen) atoms. The third-order valence-corrected chi connectivity index (χ3v) is 4.00. The maximum absolute atomic E-state index is 13.1. The van der Waals surface area contributed by atoms with Crippen molar-refractivity contribution >= 4 is 17.5 Å².